The number of nitrogens with zero attached hydrogens (tertiary/aromatic N) is 2. The summed E-state index contributed by atoms with van der Waals surface area (Å²) in [4.78, 5) is 62.8. The van der Waals surface area contributed by atoms with Gasteiger partial charge >= 0.3 is 6.09 Å². The van der Waals surface area contributed by atoms with Crippen molar-refractivity contribution in [2.45, 2.75) is 138 Å². The molecular weight excluding hydrogens is 711 g/mol. The molecule has 0 bridgehead atoms. The summed E-state index contributed by atoms with van der Waals surface area (Å²) in [7, 11) is -3.97. The Bertz CT molecular complexity index is 2030. The fourth-order valence-corrected chi connectivity index (χ4v) is 9.96. The molecule has 1 aromatic carbocycles. The molecule has 4 fully saturated rings. The van der Waals surface area contributed by atoms with Crippen LogP contribution in [0.4, 0.5) is 4.79 Å². The van der Waals surface area contributed by atoms with Gasteiger partial charge in [-0.15, -0.1) is 0 Å². The van der Waals surface area contributed by atoms with Crippen LogP contribution in [0.5, 0.6) is 5.75 Å². The van der Waals surface area contributed by atoms with Gasteiger partial charge in [-0.05, 0) is 97.0 Å². The second-order valence-corrected chi connectivity index (χ2v) is 19.1. The molecule has 6 aliphatic rings. The van der Waals surface area contributed by atoms with Gasteiger partial charge in [0.2, 0.25) is 21.8 Å². The van der Waals surface area contributed by atoms with Crippen molar-refractivity contribution in [3.63, 3.8) is 0 Å². The van der Waals surface area contributed by atoms with Crippen LogP contribution in [0.1, 0.15) is 102 Å². The van der Waals surface area contributed by atoms with Gasteiger partial charge in [-0.25, -0.2) is 18.2 Å². The number of aromatic nitrogens is 1. The van der Waals surface area contributed by atoms with Crippen molar-refractivity contribution in [1.82, 2.24) is 25.2 Å². The van der Waals surface area contributed by atoms with Gasteiger partial charge in [0, 0.05) is 23.3 Å². The Morgan fingerprint density at radius 3 is 2.61 bits per heavy atom. The van der Waals surface area contributed by atoms with Gasteiger partial charge < -0.3 is 25.0 Å². The maximum absolute atomic E-state index is 14.7. The second-order valence-electron chi connectivity index (χ2n) is 16.9. The van der Waals surface area contributed by atoms with Crippen molar-refractivity contribution in [3.8, 4) is 5.75 Å². The Balaban J connectivity index is 1.12. The van der Waals surface area contributed by atoms with Gasteiger partial charge in [-0.3, -0.25) is 19.1 Å². The van der Waals surface area contributed by atoms with E-state index < -0.39 is 67.7 Å². The average molecular weight is 762 g/mol. The normalized spacial score (nSPS) is 31.7. The minimum Gasteiger partial charge on any atom is -0.483 e. The summed E-state index contributed by atoms with van der Waals surface area (Å²) >= 11 is 0. The zero-order chi connectivity index (χ0) is 38.0. The summed E-state index contributed by atoms with van der Waals surface area (Å²) in [6, 6.07) is 5.89. The van der Waals surface area contributed by atoms with E-state index >= 15 is 0 Å². The number of alkyl carbamates (subject to hydrolysis) is 1. The van der Waals surface area contributed by atoms with Crippen LogP contribution in [0.15, 0.2) is 36.4 Å². The van der Waals surface area contributed by atoms with Crippen molar-refractivity contribution >= 4 is 44.7 Å². The number of pyridine rings is 1. The van der Waals surface area contributed by atoms with E-state index in [9.17, 15) is 27.6 Å². The largest absolute Gasteiger partial charge is 0.483 e. The molecule has 3 N–H and O–H groups in total. The first-order chi connectivity index (χ1) is 25.7. The smallest absolute Gasteiger partial charge is 0.408 e. The van der Waals surface area contributed by atoms with E-state index in [-0.39, 0.29) is 25.5 Å². The van der Waals surface area contributed by atoms with E-state index in [1.165, 1.54) is 4.90 Å². The van der Waals surface area contributed by atoms with E-state index in [1.54, 1.807) is 6.92 Å². The number of hydrogen-bond acceptors (Lipinski definition) is 9. The molecule has 1 spiro atoms. The van der Waals surface area contributed by atoms with E-state index in [4.69, 9.17) is 14.5 Å². The minimum absolute atomic E-state index is 0.0800. The molecule has 4 heterocycles. The third-order valence-corrected chi connectivity index (χ3v) is 14.9. The predicted molar refractivity (Wildman–Crippen MR) is 200 cm³/mol. The molecule has 2 aromatic rings. The number of hydrogen-bond donors (Lipinski definition) is 3. The van der Waals surface area contributed by atoms with E-state index in [0.717, 1.165) is 42.1 Å². The maximum atomic E-state index is 14.7. The Hall–Kier alpha value is -4.20. The number of allylic oxidation sites excluding steroid dienone is 1. The lowest BCUT2D eigenvalue weighted by Gasteiger charge is -2.36. The molecule has 54 heavy (non-hydrogen) atoms. The van der Waals surface area contributed by atoms with Gasteiger partial charge in [0.05, 0.1) is 22.5 Å². The number of rotatable bonds is 6. The highest BCUT2D eigenvalue weighted by molar-refractivity contribution is 7.91. The quantitative estimate of drug-likeness (QED) is 0.359. The van der Waals surface area contributed by atoms with Crippen LogP contribution in [-0.2, 0) is 35.6 Å². The molecule has 3 saturated carbocycles. The number of ether oxygens (including phenoxy) is 2. The van der Waals surface area contributed by atoms with E-state index in [0.29, 0.717) is 62.3 Å². The lowest BCUT2D eigenvalue weighted by Crippen LogP contribution is -2.58. The number of fused-ring (bicyclic) bond motifs is 5. The Morgan fingerprint density at radius 2 is 1.85 bits per heavy atom. The number of amides is 4. The Morgan fingerprint density at radius 1 is 1.07 bits per heavy atom. The molecule has 14 heteroatoms. The number of carbonyl (C=O) groups excluding carboxylic acids is 4. The van der Waals surface area contributed by atoms with Crippen LogP contribution in [0, 0.1) is 18.8 Å². The fourth-order valence-electron chi connectivity index (χ4n) is 8.65. The highest BCUT2D eigenvalue weighted by Crippen LogP contribution is 2.49. The molecule has 1 aromatic heterocycles. The van der Waals surface area contributed by atoms with E-state index in [2.05, 4.69) is 15.4 Å². The van der Waals surface area contributed by atoms with Crippen LogP contribution in [-0.4, -0.2) is 82.7 Å². The zero-order valence-corrected chi connectivity index (χ0v) is 32.1. The predicted octanol–water partition coefficient (Wildman–Crippen LogP) is 4.49. The Labute approximate surface area is 316 Å². The monoisotopic (exact) mass is 761 g/mol. The van der Waals surface area contributed by atoms with Crippen molar-refractivity contribution in [1.29, 1.82) is 0 Å². The van der Waals surface area contributed by atoms with Gasteiger partial charge in [0.15, 0.2) is 0 Å². The third kappa shape index (κ3) is 6.83. The number of nitrogens with one attached hydrogen (secondary N) is 3. The molecule has 290 valence electrons. The SMILES string of the molecule is Cc1nc2ccccc2c2c1O[C@]1(CC2)C[C@H]2C(=O)N[C@]3(C(=O)NS(=O)(=O)C4(C)CC4)C[C@H]3/C=C\CCCCC[C@@H](NC(=O)OC(C)C3CC3)C(=O)N2C1. The molecule has 6 atom stereocenters. The lowest BCUT2D eigenvalue weighted by molar-refractivity contribution is -0.141. The standard InChI is InChI=1S/C40H51N5O8S/c1-24-33-29(28-12-9-10-13-30(28)41-24)17-18-39(53-33)22-32-34(46)43-40(36(48)44-54(50,51)38(3)19-20-38)21-27(40)11-7-5-4-6-8-14-31(35(47)45(32)23-39)42-37(49)52-25(2)26-15-16-26/h7,9-13,25-27,31-32H,4-6,8,14-23H2,1-3H3,(H,42,49)(H,43,46)(H,44,48)/b11-7-/t25?,27-,31-,32+,39-,40-/m1/s1. The molecule has 13 nitrogen and oxygen atoms in total. The van der Waals surface area contributed by atoms with Crippen molar-refractivity contribution in [2.24, 2.45) is 11.8 Å². The van der Waals surface area contributed by atoms with Crippen LogP contribution < -0.4 is 20.1 Å². The minimum atomic E-state index is -3.97. The fraction of sp³-hybridized carbons (Fsp3) is 0.625. The molecule has 4 amide bonds. The van der Waals surface area contributed by atoms with Crippen molar-refractivity contribution in [2.75, 3.05) is 6.54 Å². The topological polar surface area (TPSA) is 173 Å². The van der Waals surface area contributed by atoms with Gasteiger partial charge in [-0.1, -0.05) is 43.2 Å². The molecular formula is C40H51N5O8S. The van der Waals surface area contributed by atoms with Crippen molar-refractivity contribution < 1.29 is 37.1 Å². The van der Waals surface area contributed by atoms with Gasteiger partial charge in [0.1, 0.15) is 35.1 Å². The highest BCUT2D eigenvalue weighted by Gasteiger charge is 2.64. The van der Waals surface area contributed by atoms with Crippen molar-refractivity contribution in [3.05, 3.63) is 47.7 Å². The molecule has 3 aliphatic heterocycles. The van der Waals surface area contributed by atoms with Gasteiger partial charge in [0.25, 0.3) is 5.91 Å². The third-order valence-electron chi connectivity index (χ3n) is 12.8. The summed E-state index contributed by atoms with van der Waals surface area (Å²) in [5, 5.41) is 6.80. The summed E-state index contributed by atoms with van der Waals surface area (Å²) in [6.45, 7) is 5.44. The number of carbonyl (C=O) groups is 4. The number of sulfonamides is 1. The lowest BCUT2D eigenvalue weighted by atomic mass is 9.87. The zero-order valence-electron chi connectivity index (χ0n) is 31.3. The molecule has 3 aliphatic carbocycles. The van der Waals surface area contributed by atoms with Crippen LogP contribution in [0.3, 0.4) is 0 Å². The molecule has 0 radical (unpaired) electrons. The first-order valence-corrected chi connectivity index (χ1v) is 21.1. The van der Waals surface area contributed by atoms with Crippen LogP contribution >= 0.6 is 0 Å². The summed E-state index contributed by atoms with van der Waals surface area (Å²) in [5.74, 6) is -1.21. The number of aryl methyl sites for hydroxylation is 2. The van der Waals surface area contributed by atoms with E-state index in [1.807, 2.05) is 50.3 Å². The van der Waals surface area contributed by atoms with Crippen LogP contribution in [0.25, 0.3) is 10.9 Å². The van der Waals surface area contributed by atoms with Gasteiger partial charge in [-0.2, -0.15) is 0 Å². The molecule has 8 rings (SSSR count). The summed E-state index contributed by atoms with van der Waals surface area (Å²) in [5.41, 5.74) is 0.177. The summed E-state index contributed by atoms with van der Waals surface area (Å²) in [6.07, 6.45) is 10.7. The Kier molecular flexibility index (Phi) is 9.21. The number of benzene rings is 1. The maximum Gasteiger partial charge on any atom is 0.408 e. The first-order valence-electron chi connectivity index (χ1n) is 19.6. The second kappa shape index (κ2) is 13.5. The number of para-hydroxylation sites is 1. The first kappa shape index (κ1) is 36.8. The average Bonchev–Trinajstić information content (AvgIpc) is 4.06. The highest BCUT2D eigenvalue weighted by atomic mass is 32.2. The summed E-state index contributed by atoms with van der Waals surface area (Å²) < 4.78 is 40.2. The van der Waals surface area contributed by atoms with Crippen LogP contribution in [0.2, 0.25) is 0 Å². The molecule has 1 unspecified atom stereocenters. The molecule has 1 saturated heterocycles.